The van der Waals surface area contributed by atoms with Gasteiger partial charge in [0.15, 0.2) is 0 Å². The van der Waals surface area contributed by atoms with Crippen molar-refractivity contribution >= 4 is 34.2 Å². The Kier molecular flexibility index (Phi) is 4.75. The summed E-state index contributed by atoms with van der Waals surface area (Å²) < 4.78 is 4.55. The summed E-state index contributed by atoms with van der Waals surface area (Å²) in [6, 6.07) is 9.14. The van der Waals surface area contributed by atoms with Gasteiger partial charge in [-0.25, -0.2) is 4.98 Å². The van der Waals surface area contributed by atoms with Crippen molar-refractivity contribution < 1.29 is 14.3 Å². The largest absolute Gasteiger partial charge is 0.469 e. The summed E-state index contributed by atoms with van der Waals surface area (Å²) >= 11 is 6.10. The Labute approximate surface area is 127 Å². The van der Waals surface area contributed by atoms with Gasteiger partial charge in [0.1, 0.15) is 10.8 Å². The normalized spacial score (nSPS) is 10.4. The monoisotopic (exact) mass is 306 g/mol. The van der Waals surface area contributed by atoms with Crippen LogP contribution in [0.1, 0.15) is 16.9 Å². The van der Waals surface area contributed by atoms with E-state index >= 15 is 0 Å². The number of rotatable bonds is 4. The van der Waals surface area contributed by atoms with Crippen molar-refractivity contribution in [3.63, 3.8) is 0 Å². The fourth-order valence-corrected chi connectivity index (χ4v) is 2.19. The van der Waals surface area contributed by atoms with Gasteiger partial charge in [-0.15, -0.1) is 0 Å². The van der Waals surface area contributed by atoms with Crippen LogP contribution in [0, 0.1) is 0 Å². The van der Waals surface area contributed by atoms with E-state index < -0.39 is 0 Å². The van der Waals surface area contributed by atoms with Crippen LogP contribution in [0.4, 0.5) is 0 Å². The van der Waals surface area contributed by atoms with Crippen molar-refractivity contribution in [2.24, 2.45) is 0 Å². The predicted molar refractivity (Wildman–Crippen MR) is 80.3 cm³/mol. The maximum atomic E-state index is 12.3. The number of fused-ring (bicyclic) bond motifs is 1. The molecule has 0 saturated heterocycles. The third-order valence-electron chi connectivity index (χ3n) is 3.14. The van der Waals surface area contributed by atoms with Gasteiger partial charge in [0.05, 0.1) is 13.5 Å². The van der Waals surface area contributed by atoms with Gasteiger partial charge < -0.3 is 9.64 Å². The highest BCUT2D eigenvalue weighted by Gasteiger charge is 2.16. The van der Waals surface area contributed by atoms with E-state index in [2.05, 4.69) is 9.72 Å². The molecule has 0 N–H and O–H groups in total. The van der Waals surface area contributed by atoms with E-state index in [1.54, 1.807) is 13.1 Å². The minimum atomic E-state index is -0.362. The first-order valence-corrected chi connectivity index (χ1v) is 6.78. The summed E-state index contributed by atoms with van der Waals surface area (Å²) in [6.45, 7) is 0.262. The highest BCUT2D eigenvalue weighted by Crippen LogP contribution is 2.22. The van der Waals surface area contributed by atoms with Crippen LogP contribution in [0.3, 0.4) is 0 Å². The molecule has 0 atom stereocenters. The van der Waals surface area contributed by atoms with Gasteiger partial charge in [0.2, 0.25) is 0 Å². The van der Waals surface area contributed by atoms with Crippen LogP contribution in [0.15, 0.2) is 30.3 Å². The SMILES string of the molecule is COC(=O)CCN(C)C(=O)c1cc2ccccc2c(Cl)n1. The molecule has 2 aromatic rings. The molecule has 0 bridgehead atoms. The first kappa shape index (κ1) is 15.3. The van der Waals surface area contributed by atoms with Gasteiger partial charge >= 0.3 is 5.97 Å². The summed E-state index contributed by atoms with van der Waals surface area (Å²) in [6.07, 6.45) is 0.139. The van der Waals surface area contributed by atoms with Gasteiger partial charge in [-0.3, -0.25) is 9.59 Å². The number of esters is 1. The van der Waals surface area contributed by atoms with Crippen LogP contribution >= 0.6 is 11.6 Å². The Morgan fingerprint density at radius 3 is 2.76 bits per heavy atom. The molecule has 6 heteroatoms. The Hall–Kier alpha value is -2.14. The molecule has 0 aliphatic heterocycles. The number of aromatic nitrogens is 1. The lowest BCUT2D eigenvalue weighted by Crippen LogP contribution is -2.30. The molecular weight excluding hydrogens is 292 g/mol. The van der Waals surface area contributed by atoms with E-state index in [9.17, 15) is 9.59 Å². The Bertz CT molecular complexity index is 688. The Balaban J connectivity index is 2.21. The number of pyridine rings is 1. The second-order valence-electron chi connectivity index (χ2n) is 4.57. The van der Waals surface area contributed by atoms with Crippen molar-refractivity contribution in [2.45, 2.75) is 6.42 Å². The maximum Gasteiger partial charge on any atom is 0.307 e. The van der Waals surface area contributed by atoms with E-state index in [-0.39, 0.29) is 35.7 Å². The van der Waals surface area contributed by atoms with E-state index in [4.69, 9.17) is 11.6 Å². The number of carbonyl (C=O) groups excluding carboxylic acids is 2. The highest BCUT2D eigenvalue weighted by atomic mass is 35.5. The van der Waals surface area contributed by atoms with Crippen LogP contribution in [-0.4, -0.2) is 42.5 Å². The molecule has 1 amide bonds. The predicted octanol–water partition coefficient (Wildman–Crippen LogP) is 2.52. The van der Waals surface area contributed by atoms with E-state index in [1.165, 1.54) is 12.0 Å². The molecule has 1 aromatic heterocycles. The summed E-state index contributed by atoms with van der Waals surface area (Å²) in [5.74, 6) is -0.647. The zero-order valence-corrected chi connectivity index (χ0v) is 12.6. The van der Waals surface area contributed by atoms with Crippen LogP contribution in [0.25, 0.3) is 10.8 Å². The summed E-state index contributed by atoms with van der Waals surface area (Å²) in [5, 5.41) is 1.94. The standard InChI is InChI=1S/C15H15ClN2O3/c1-18(8-7-13(19)21-2)15(20)12-9-10-5-3-4-6-11(10)14(16)17-12/h3-6,9H,7-8H2,1-2H3. The van der Waals surface area contributed by atoms with Crippen molar-refractivity contribution in [3.05, 3.63) is 41.2 Å². The summed E-state index contributed by atoms with van der Waals surface area (Å²) in [4.78, 5) is 29.0. The lowest BCUT2D eigenvalue weighted by molar-refractivity contribution is -0.140. The topological polar surface area (TPSA) is 59.5 Å². The van der Waals surface area contributed by atoms with E-state index in [1.807, 2.05) is 24.3 Å². The Morgan fingerprint density at radius 2 is 2.05 bits per heavy atom. The highest BCUT2D eigenvalue weighted by molar-refractivity contribution is 6.34. The van der Waals surface area contributed by atoms with Gasteiger partial charge in [-0.2, -0.15) is 0 Å². The number of hydrogen-bond acceptors (Lipinski definition) is 4. The molecule has 21 heavy (non-hydrogen) atoms. The maximum absolute atomic E-state index is 12.3. The van der Waals surface area contributed by atoms with E-state index in [0.29, 0.717) is 0 Å². The molecule has 1 heterocycles. The lowest BCUT2D eigenvalue weighted by Gasteiger charge is -2.16. The number of carbonyl (C=O) groups is 2. The molecule has 0 spiro atoms. The van der Waals surface area contributed by atoms with Crippen molar-refractivity contribution in [2.75, 3.05) is 20.7 Å². The third kappa shape index (κ3) is 3.49. The number of benzene rings is 1. The molecule has 1 aromatic carbocycles. The number of halogens is 1. The molecule has 5 nitrogen and oxygen atoms in total. The summed E-state index contributed by atoms with van der Waals surface area (Å²) in [5.41, 5.74) is 0.256. The zero-order chi connectivity index (χ0) is 15.4. The molecule has 0 fully saturated rings. The van der Waals surface area contributed by atoms with E-state index in [0.717, 1.165) is 10.8 Å². The fraction of sp³-hybridized carbons (Fsp3) is 0.267. The molecular formula is C15H15ClN2O3. The second-order valence-corrected chi connectivity index (χ2v) is 4.93. The number of ether oxygens (including phenoxy) is 1. The van der Waals surface area contributed by atoms with Crippen LogP contribution in [0.5, 0.6) is 0 Å². The summed E-state index contributed by atoms with van der Waals surface area (Å²) in [7, 11) is 2.92. The number of hydrogen-bond donors (Lipinski definition) is 0. The molecule has 0 unspecified atom stereocenters. The average Bonchev–Trinajstić information content (AvgIpc) is 2.51. The van der Waals surface area contributed by atoms with Crippen LogP contribution < -0.4 is 0 Å². The smallest absolute Gasteiger partial charge is 0.307 e. The Morgan fingerprint density at radius 1 is 1.33 bits per heavy atom. The lowest BCUT2D eigenvalue weighted by atomic mass is 10.1. The number of nitrogens with zero attached hydrogens (tertiary/aromatic N) is 2. The molecule has 0 radical (unpaired) electrons. The number of amides is 1. The average molecular weight is 307 g/mol. The van der Waals surface area contributed by atoms with Crippen molar-refractivity contribution in [1.82, 2.24) is 9.88 Å². The van der Waals surface area contributed by atoms with Gasteiger partial charge in [0, 0.05) is 19.0 Å². The zero-order valence-electron chi connectivity index (χ0n) is 11.8. The van der Waals surface area contributed by atoms with Crippen molar-refractivity contribution in [1.29, 1.82) is 0 Å². The molecule has 2 rings (SSSR count). The minimum absolute atomic E-state index is 0.139. The van der Waals surface area contributed by atoms with Crippen molar-refractivity contribution in [3.8, 4) is 0 Å². The molecule has 0 saturated carbocycles. The van der Waals surface area contributed by atoms with Gasteiger partial charge in [-0.05, 0) is 11.5 Å². The van der Waals surface area contributed by atoms with Crippen LogP contribution in [-0.2, 0) is 9.53 Å². The van der Waals surface area contributed by atoms with Gasteiger partial charge in [-0.1, -0.05) is 35.9 Å². The minimum Gasteiger partial charge on any atom is -0.469 e. The molecule has 0 aliphatic rings. The third-order valence-corrected chi connectivity index (χ3v) is 3.43. The molecule has 110 valence electrons. The molecule has 0 aliphatic carbocycles. The fourth-order valence-electron chi connectivity index (χ4n) is 1.92. The van der Waals surface area contributed by atoms with Crippen LogP contribution in [0.2, 0.25) is 5.15 Å². The van der Waals surface area contributed by atoms with Gasteiger partial charge in [0.25, 0.3) is 5.91 Å². The second kappa shape index (κ2) is 6.54. The number of methoxy groups -OCH3 is 1. The first-order chi connectivity index (χ1) is 10.0. The first-order valence-electron chi connectivity index (χ1n) is 6.40. The quantitative estimate of drug-likeness (QED) is 0.643.